The third-order valence-electron chi connectivity index (χ3n) is 3.90. The first-order valence-electron chi connectivity index (χ1n) is 8.09. The van der Waals surface area contributed by atoms with Crippen LogP contribution in [0.2, 0.25) is 0 Å². The Kier molecular flexibility index (Phi) is 4.22. The van der Waals surface area contributed by atoms with Crippen LogP contribution in [0.4, 0.5) is 0 Å². The lowest BCUT2D eigenvalue weighted by molar-refractivity contribution is 0.0933. The fourth-order valence-corrected chi connectivity index (χ4v) is 2.72. The van der Waals surface area contributed by atoms with Crippen molar-refractivity contribution in [2.75, 3.05) is 13.1 Å². The van der Waals surface area contributed by atoms with Crippen LogP contribution in [-0.4, -0.2) is 28.5 Å². The molecule has 1 aliphatic rings. The summed E-state index contributed by atoms with van der Waals surface area (Å²) in [7, 11) is 0. The van der Waals surface area contributed by atoms with Gasteiger partial charge in [-0.05, 0) is 5.41 Å². The maximum Gasteiger partial charge on any atom is 0.271 e. The van der Waals surface area contributed by atoms with Gasteiger partial charge in [-0.1, -0.05) is 51.1 Å². The molecule has 1 aliphatic heterocycles. The van der Waals surface area contributed by atoms with Crippen molar-refractivity contribution >= 4 is 5.91 Å². The number of fused-ring (bicyclic) bond motifs is 1. The molecule has 3 rings (SSSR count). The molecule has 2 aromatic rings. The summed E-state index contributed by atoms with van der Waals surface area (Å²) in [6, 6.07) is 10.1. The Bertz CT molecular complexity index is 698. The maximum atomic E-state index is 12.6. The van der Waals surface area contributed by atoms with Gasteiger partial charge >= 0.3 is 0 Å². The summed E-state index contributed by atoms with van der Waals surface area (Å²) in [5.41, 5.74) is 2.61. The summed E-state index contributed by atoms with van der Waals surface area (Å²) < 4.78 is 2.16. The van der Waals surface area contributed by atoms with E-state index in [2.05, 4.69) is 41.0 Å². The van der Waals surface area contributed by atoms with Gasteiger partial charge in [0.25, 0.3) is 5.91 Å². The Balaban J connectivity index is 1.95. The van der Waals surface area contributed by atoms with E-state index in [1.54, 1.807) is 0 Å². The number of carbonyl (C=O) groups is 1. The van der Waals surface area contributed by atoms with Crippen molar-refractivity contribution in [2.45, 2.75) is 33.9 Å². The van der Waals surface area contributed by atoms with Gasteiger partial charge in [0, 0.05) is 31.7 Å². The lowest BCUT2D eigenvalue weighted by Crippen LogP contribution is -2.34. The second-order valence-electron chi connectivity index (χ2n) is 7.17. The number of nitrogens with zero attached hydrogens (tertiary/aromatic N) is 2. The summed E-state index contributed by atoms with van der Waals surface area (Å²) in [5, 5.41) is 6.34. The smallest absolute Gasteiger partial charge is 0.271 e. The molecule has 0 saturated heterocycles. The van der Waals surface area contributed by atoms with Crippen molar-refractivity contribution in [3.8, 4) is 11.4 Å². The fourth-order valence-electron chi connectivity index (χ4n) is 2.72. The van der Waals surface area contributed by atoms with E-state index >= 15 is 0 Å². The molecule has 0 spiro atoms. The number of imidazole rings is 1. The van der Waals surface area contributed by atoms with Crippen LogP contribution in [0.3, 0.4) is 0 Å². The normalized spacial score (nSPS) is 14.4. The van der Waals surface area contributed by atoms with Crippen molar-refractivity contribution < 1.29 is 4.79 Å². The van der Waals surface area contributed by atoms with E-state index in [0.717, 1.165) is 30.2 Å². The second kappa shape index (κ2) is 6.16. The standard InChI is InChI=1S/C18H24N4O/c1-18(2,3)12-20-17(23)15-14-11-19-9-10-22(14)16(21-15)13-7-5-4-6-8-13/h4-8,19H,9-12H2,1-3H3,(H,20,23). The highest BCUT2D eigenvalue weighted by atomic mass is 16.1. The summed E-state index contributed by atoms with van der Waals surface area (Å²) >= 11 is 0. The van der Waals surface area contributed by atoms with Crippen LogP contribution in [0.5, 0.6) is 0 Å². The molecular weight excluding hydrogens is 288 g/mol. The first-order chi connectivity index (χ1) is 11.0. The van der Waals surface area contributed by atoms with E-state index in [-0.39, 0.29) is 11.3 Å². The average Bonchev–Trinajstić information content (AvgIpc) is 2.92. The van der Waals surface area contributed by atoms with Crippen LogP contribution in [-0.2, 0) is 13.1 Å². The van der Waals surface area contributed by atoms with Crippen LogP contribution in [0.15, 0.2) is 30.3 Å². The van der Waals surface area contributed by atoms with Crippen molar-refractivity contribution in [3.05, 3.63) is 41.7 Å². The Morgan fingerprint density at radius 3 is 2.74 bits per heavy atom. The summed E-state index contributed by atoms with van der Waals surface area (Å²) in [5.74, 6) is 0.789. The Hall–Kier alpha value is -2.14. The van der Waals surface area contributed by atoms with E-state index in [9.17, 15) is 4.79 Å². The van der Waals surface area contributed by atoms with Crippen LogP contribution in [0, 0.1) is 5.41 Å². The van der Waals surface area contributed by atoms with E-state index in [4.69, 9.17) is 0 Å². The van der Waals surface area contributed by atoms with Gasteiger partial charge < -0.3 is 15.2 Å². The summed E-state index contributed by atoms with van der Waals surface area (Å²) in [4.78, 5) is 17.3. The molecule has 122 valence electrons. The minimum Gasteiger partial charge on any atom is -0.350 e. The van der Waals surface area contributed by atoms with Crippen molar-refractivity contribution in [3.63, 3.8) is 0 Å². The first kappa shape index (κ1) is 15.7. The zero-order valence-corrected chi connectivity index (χ0v) is 14.0. The number of hydrogen-bond acceptors (Lipinski definition) is 3. The van der Waals surface area contributed by atoms with Gasteiger partial charge in [0.1, 0.15) is 5.82 Å². The number of aromatic nitrogens is 2. The molecule has 23 heavy (non-hydrogen) atoms. The Morgan fingerprint density at radius 1 is 1.30 bits per heavy atom. The highest BCUT2D eigenvalue weighted by Crippen LogP contribution is 2.24. The molecule has 2 heterocycles. The van der Waals surface area contributed by atoms with Gasteiger partial charge in [-0.15, -0.1) is 0 Å². The van der Waals surface area contributed by atoms with Crippen molar-refractivity contribution in [2.24, 2.45) is 5.41 Å². The molecule has 0 unspecified atom stereocenters. The molecule has 5 heteroatoms. The van der Waals surface area contributed by atoms with Gasteiger partial charge in [0.2, 0.25) is 0 Å². The van der Waals surface area contributed by atoms with Crippen LogP contribution in [0.1, 0.15) is 37.0 Å². The minimum absolute atomic E-state index is 0.0516. The second-order valence-corrected chi connectivity index (χ2v) is 7.17. The number of rotatable bonds is 3. The van der Waals surface area contributed by atoms with Crippen LogP contribution in [0.25, 0.3) is 11.4 Å². The third-order valence-corrected chi connectivity index (χ3v) is 3.90. The van der Waals surface area contributed by atoms with Gasteiger partial charge in [-0.25, -0.2) is 4.98 Å². The van der Waals surface area contributed by atoms with Crippen molar-refractivity contribution in [1.29, 1.82) is 0 Å². The molecule has 0 saturated carbocycles. The molecule has 0 atom stereocenters. The molecule has 0 fully saturated rings. The Morgan fingerprint density at radius 2 is 2.04 bits per heavy atom. The number of nitrogens with one attached hydrogen (secondary N) is 2. The Labute approximate surface area is 137 Å². The minimum atomic E-state index is -0.0884. The summed E-state index contributed by atoms with van der Waals surface area (Å²) in [6.07, 6.45) is 0. The highest BCUT2D eigenvalue weighted by molar-refractivity contribution is 5.94. The van der Waals surface area contributed by atoms with E-state index in [1.807, 2.05) is 30.3 Å². The van der Waals surface area contributed by atoms with E-state index in [0.29, 0.717) is 18.8 Å². The molecule has 0 bridgehead atoms. The van der Waals surface area contributed by atoms with Crippen LogP contribution < -0.4 is 10.6 Å². The van der Waals surface area contributed by atoms with E-state index in [1.165, 1.54) is 0 Å². The molecular formula is C18H24N4O. The number of hydrogen-bond donors (Lipinski definition) is 2. The zero-order chi connectivity index (χ0) is 16.4. The van der Waals surface area contributed by atoms with E-state index < -0.39 is 0 Å². The largest absolute Gasteiger partial charge is 0.350 e. The quantitative estimate of drug-likeness (QED) is 0.915. The van der Waals surface area contributed by atoms with Gasteiger partial charge in [-0.3, -0.25) is 4.79 Å². The number of benzene rings is 1. The van der Waals surface area contributed by atoms with Gasteiger partial charge in [0.15, 0.2) is 5.69 Å². The number of amides is 1. The summed E-state index contributed by atoms with van der Waals surface area (Å²) in [6.45, 7) is 9.35. The lowest BCUT2D eigenvalue weighted by atomic mass is 9.97. The SMILES string of the molecule is CC(C)(C)CNC(=O)c1nc(-c2ccccc2)n2c1CNCC2. The molecule has 0 radical (unpaired) electrons. The molecule has 1 amide bonds. The average molecular weight is 312 g/mol. The highest BCUT2D eigenvalue weighted by Gasteiger charge is 2.25. The monoisotopic (exact) mass is 312 g/mol. The lowest BCUT2D eigenvalue weighted by Gasteiger charge is -2.20. The van der Waals surface area contributed by atoms with Gasteiger partial charge in [0.05, 0.1) is 5.69 Å². The van der Waals surface area contributed by atoms with Crippen LogP contribution >= 0.6 is 0 Å². The predicted octanol–water partition coefficient (Wildman–Crippen LogP) is 2.43. The zero-order valence-electron chi connectivity index (χ0n) is 14.0. The molecule has 1 aromatic carbocycles. The molecule has 1 aromatic heterocycles. The predicted molar refractivity (Wildman–Crippen MR) is 91.2 cm³/mol. The maximum absolute atomic E-state index is 12.6. The molecule has 5 nitrogen and oxygen atoms in total. The molecule has 0 aliphatic carbocycles. The van der Waals surface area contributed by atoms with Gasteiger partial charge in [-0.2, -0.15) is 0 Å². The molecule has 2 N–H and O–H groups in total. The first-order valence-corrected chi connectivity index (χ1v) is 8.09. The van der Waals surface area contributed by atoms with Crippen molar-refractivity contribution in [1.82, 2.24) is 20.2 Å². The number of carbonyl (C=O) groups excluding carboxylic acids is 1. The third kappa shape index (κ3) is 3.45. The topological polar surface area (TPSA) is 59.0 Å². The fraction of sp³-hybridized carbons (Fsp3) is 0.444.